The Kier molecular flexibility index (Phi) is 2.20. The van der Waals surface area contributed by atoms with E-state index < -0.39 is 12.2 Å². The number of likely N-dealkylation sites (N-methyl/N-ethyl adjacent to an activating group) is 1. The average Bonchev–Trinajstić information content (AvgIpc) is 2.84. The summed E-state index contributed by atoms with van der Waals surface area (Å²) < 4.78 is 6.01. The lowest BCUT2D eigenvalue weighted by Gasteiger charge is -2.56. The fraction of sp³-hybridized carbons (Fsp3) is 0.529. The van der Waals surface area contributed by atoms with Gasteiger partial charge in [0.15, 0.2) is 11.5 Å². The van der Waals surface area contributed by atoms with E-state index in [1.165, 1.54) is 5.56 Å². The van der Waals surface area contributed by atoms with Crippen molar-refractivity contribution in [3.05, 3.63) is 35.1 Å². The van der Waals surface area contributed by atoms with E-state index in [4.69, 9.17) is 4.74 Å². The first kappa shape index (κ1) is 12.8. The quantitative estimate of drug-likeness (QED) is 0.669. The van der Waals surface area contributed by atoms with Crippen LogP contribution in [-0.4, -0.2) is 52.1 Å². The summed E-state index contributed by atoms with van der Waals surface area (Å²) >= 11 is 0. The monoisotopic (exact) mass is 301 g/mol. The molecule has 0 amide bonds. The van der Waals surface area contributed by atoms with Crippen LogP contribution in [0.25, 0.3) is 0 Å². The molecule has 0 radical (unpaired) electrons. The van der Waals surface area contributed by atoms with Gasteiger partial charge in [-0.1, -0.05) is 6.07 Å². The summed E-state index contributed by atoms with van der Waals surface area (Å²) in [5, 5.41) is 30.9. The van der Waals surface area contributed by atoms with E-state index >= 15 is 0 Å². The van der Waals surface area contributed by atoms with Crippen molar-refractivity contribution in [2.45, 2.75) is 36.5 Å². The number of piperidine rings is 1. The van der Waals surface area contributed by atoms with Gasteiger partial charge >= 0.3 is 0 Å². The summed E-state index contributed by atoms with van der Waals surface area (Å²) in [6.07, 6.45) is 2.02. The summed E-state index contributed by atoms with van der Waals surface area (Å²) in [4.78, 5) is 2.34. The predicted octanol–water partition coefficient (Wildman–Crippen LogP) is 1.08. The molecule has 0 saturated carbocycles. The third-order valence-corrected chi connectivity index (χ3v) is 6.26. The van der Waals surface area contributed by atoms with Gasteiger partial charge in [0.2, 0.25) is 0 Å². The minimum atomic E-state index is -1.03. The number of aromatic hydroxyl groups is 1. The number of likely N-dealkylation sites (tertiary alicyclic amines) is 1. The van der Waals surface area contributed by atoms with Crippen molar-refractivity contribution in [1.82, 2.24) is 4.90 Å². The number of phenolic OH excluding ortho intramolecular Hbond substituents is 1. The number of aliphatic hydroxyl groups is 2. The maximum absolute atomic E-state index is 10.5. The van der Waals surface area contributed by atoms with E-state index in [-0.39, 0.29) is 28.9 Å². The van der Waals surface area contributed by atoms with Gasteiger partial charge < -0.3 is 25.0 Å². The zero-order valence-electron chi connectivity index (χ0n) is 12.4. The largest absolute Gasteiger partial charge is 0.510 e. The Morgan fingerprint density at radius 2 is 2.14 bits per heavy atom. The Bertz CT molecular complexity index is 715. The molecular weight excluding hydrogens is 282 g/mol. The number of hydrogen-bond donors (Lipinski definition) is 3. The molecule has 1 fully saturated rings. The topological polar surface area (TPSA) is 73.2 Å². The fourth-order valence-electron chi connectivity index (χ4n) is 5.27. The van der Waals surface area contributed by atoms with Crippen LogP contribution >= 0.6 is 0 Å². The molecule has 5 rings (SSSR count). The second-order valence-corrected chi connectivity index (χ2v) is 7.09. The molecule has 2 aliphatic heterocycles. The number of nitrogens with zero attached hydrogens (tertiary/aromatic N) is 1. The summed E-state index contributed by atoms with van der Waals surface area (Å²) in [5.74, 6) is 0.750. The summed E-state index contributed by atoms with van der Waals surface area (Å²) in [5.41, 5.74) is 1.93. The predicted molar refractivity (Wildman–Crippen MR) is 79.1 cm³/mol. The lowest BCUT2D eigenvalue weighted by atomic mass is 9.53. The van der Waals surface area contributed by atoms with Gasteiger partial charge in [0, 0.05) is 22.9 Å². The van der Waals surface area contributed by atoms with Gasteiger partial charge in [0.1, 0.15) is 18.0 Å². The van der Waals surface area contributed by atoms with Gasteiger partial charge in [-0.15, -0.1) is 0 Å². The fourth-order valence-corrected chi connectivity index (χ4v) is 5.27. The second-order valence-electron chi connectivity index (χ2n) is 7.09. The summed E-state index contributed by atoms with van der Waals surface area (Å²) in [6, 6.07) is 3.95. The summed E-state index contributed by atoms with van der Waals surface area (Å²) in [7, 11) is 2.12. The van der Waals surface area contributed by atoms with E-state index in [1.807, 2.05) is 12.1 Å². The molecule has 5 heteroatoms. The van der Waals surface area contributed by atoms with E-state index in [0.29, 0.717) is 5.75 Å². The first-order chi connectivity index (χ1) is 10.5. The van der Waals surface area contributed by atoms with Crippen LogP contribution in [-0.2, 0) is 11.8 Å². The van der Waals surface area contributed by atoms with Crippen LogP contribution in [0.5, 0.6) is 11.5 Å². The Balaban J connectivity index is 1.85. The maximum atomic E-state index is 10.5. The molecular formula is C17H19NO4. The molecule has 116 valence electrons. The Morgan fingerprint density at radius 3 is 2.95 bits per heavy atom. The van der Waals surface area contributed by atoms with E-state index in [9.17, 15) is 15.3 Å². The van der Waals surface area contributed by atoms with Crippen LogP contribution in [0.15, 0.2) is 24.0 Å². The minimum absolute atomic E-state index is 0.00155. The average molecular weight is 301 g/mol. The molecule has 2 heterocycles. The Morgan fingerprint density at radius 1 is 1.32 bits per heavy atom. The maximum Gasteiger partial charge on any atom is 0.165 e. The van der Waals surface area contributed by atoms with Crippen LogP contribution in [0, 0.1) is 5.92 Å². The zero-order valence-corrected chi connectivity index (χ0v) is 12.4. The van der Waals surface area contributed by atoms with Crippen molar-refractivity contribution in [3.8, 4) is 11.5 Å². The molecule has 1 aromatic rings. The first-order valence-corrected chi connectivity index (χ1v) is 7.85. The van der Waals surface area contributed by atoms with Gasteiger partial charge in [0.05, 0.1) is 0 Å². The highest BCUT2D eigenvalue weighted by Gasteiger charge is 2.65. The number of hydrogen-bond acceptors (Lipinski definition) is 5. The first-order valence-electron chi connectivity index (χ1n) is 7.85. The molecule has 5 nitrogen and oxygen atoms in total. The molecule has 0 unspecified atom stereocenters. The standard InChI is InChI=1S/C17H19NO4/c1-18-5-4-17-9-7-12(20)14(21)16(17)22-15-11(19)3-2-8(13(15)17)6-10(9)18/h2-3,7,9-10,14,16,19-21H,4-6H2,1H3/t9-,10+,14-,16-,17-/m0/s1. The molecule has 1 spiro atoms. The van der Waals surface area contributed by atoms with Crippen molar-refractivity contribution in [3.63, 3.8) is 0 Å². The molecule has 4 aliphatic rings. The molecule has 22 heavy (non-hydrogen) atoms. The SMILES string of the molecule is CN1CC[C@]23c4c5ccc(O)c4O[C@H]2[C@@H](O)C(O)=C[C@H]3[C@H]1C5. The van der Waals surface area contributed by atoms with Crippen LogP contribution < -0.4 is 4.74 Å². The number of rotatable bonds is 0. The molecule has 2 aliphatic carbocycles. The van der Waals surface area contributed by atoms with Gasteiger partial charge in [-0.25, -0.2) is 0 Å². The molecule has 2 bridgehead atoms. The summed E-state index contributed by atoms with van der Waals surface area (Å²) in [6.45, 7) is 0.927. The smallest absolute Gasteiger partial charge is 0.165 e. The Labute approximate surface area is 128 Å². The molecule has 1 saturated heterocycles. The van der Waals surface area contributed by atoms with Crippen molar-refractivity contribution in [2.75, 3.05) is 13.6 Å². The molecule has 5 atom stereocenters. The highest BCUT2D eigenvalue weighted by atomic mass is 16.5. The van der Waals surface area contributed by atoms with Gasteiger partial charge in [0.25, 0.3) is 0 Å². The normalized spacial score (nSPS) is 41.6. The van der Waals surface area contributed by atoms with Crippen molar-refractivity contribution in [1.29, 1.82) is 0 Å². The number of aliphatic hydroxyl groups excluding tert-OH is 2. The number of phenols is 1. The van der Waals surface area contributed by atoms with Crippen LogP contribution in [0.1, 0.15) is 17.5 Å². The highest BCUT2D eigenvalue weighted by molar-refractivity contribution is 5.61. The third kappa shape index (κ3) is 1.21. The zero-order chi connectivity index (χ0) is 15.2. The lowest BCUT2D eigenvalue weighted by molar-refractivity contribution is -0.0644. The lowest BCUT2D eigenvalue weighted by Crippen LogP contribution is -2.65. The number of ether oxygens (including phenoxy) is 1. The van der Waals surface area contributed by atoms with Gasteiger partial charge in [-0.05, 0) is 44.1 Å². The van der Waals surface area contributed by atoms with E-state index in [0.717, 1.165) is 24.9 Å². The van der Waals surface area contributed by atoms with Crippen molar-refractivity contribution in [2.24, 2.45) is 5.92 Å². The highest BCUT2D eigenvalue weighted by Crippen LogP contribution is 2.62. The van der Waals surface area contributed by atoms with E-state index in [2.05, 4.69) is 11.9 Å². The third-order valence-electron chi connectivity index (χ3n) is 6.26. The van der Waals surface area contributed by atoms with Crippen LogP contribution in [0.3, 0.4) is 0 Å². The minimum Gasteiger partial charge on any atom is -0.510 e. The molecule has 0 aromatic heterocycles. The van der Waals surface area contributed by atoms with Gasteiger partial charge in [-0.3, -0.25) is 0 Å². The van der Waals surface area contributed by atoms with Gasteiger partial charge in [-0.2, -0.15) is 0 Å². The van der Waals surface area contributed by atoms with Crippen LogP contribution in [0.4, 0.5) is 0 Å². The second kappa shape index (κ2) is 3.78. The van der Waals surface area contributed by atoms with Crippen molar-refractivity contribution >= 4 is 0 Å². The Hall–Kier alpha value is -1.72. The van der Waals surface area contributed by atoms with Crippen molar-refractivity contribution < 1.29 is 20.1 Å². The van der Waals surface area contributed by atoms with E-state index in [1.54, 1.807) is 6.07 Å². The number of benzene rings is 1. The van der Waals surface area contributed by atoms with Crippen LogP contribution in [0.2, 0.25) is 0 Å². The molecule has 1 aromatic carbocycles. The molecule has 3 N–H and O–H groups in total.